The van der Waals surface area contributed by atoms with Crippen LogP contribution in [0.5, 0.6) is 0 Å². The summed E-state index contributed by atoms with van der Waals surface area (Å²) in [6.07, 6.45) is 7.70. The molecule has 0 amide bonds. The van der Waals surface area contributed by atoms with E-state index in [4.69, 9.17) is 34.0 Å². The van der Waals surface area contributed by atoms with Crippen molar-refractivity contribution in [1.29, 1.82) is 0 Å². The summed E-state index contributed by atoms with van der Waals surface area (Å²) in [6.45, 7) is 1.55. The van der Waals surface area contributed by atoms with Crippen LogP contribution in [0.15, 0.2) is 0 Å². The Labute approximate surface area is 326 Å². The van der Waals surface area contributed by atoms with Crippen LogP contribution in [0, 0.1) is 0 Å². The van der Waals surface area contributed by atoms with Crippen molar-refractivity contribution in [1.82, 2.24) is 0 Å². The molecule has 55 heavy (non-hydrogen) atoms. The van der Waals surface area contributed by atoms with Gasteiger partial charge in [0, 0.05) is 12.8 Å². The van der Waals surface area contributed by atoms with Crippen molar-refractivity contribution in [2.45, 2.75) is 197 Å². The fourth-order valence-corrected chi connectivity index (χ4v) is 7.87. The molecule has 0 aromatic carbocycles. The first-order chi connectivity index (χ1) is 26.1. The van der Waals surface area contributed by atoms with E-state index >= 15 is 0 Å². The summed E-state index contributed by atoms with van der Waals surface area (Å²) in [5.41, 5.74) is 5.51. The standard InChI is InChI=1S/C36H71NO16P2/c1-2-3-4-5-6-7-8-9-10-11-15-18-21-24-30(39)51-28(26-49-29(38)23-20-17-14-12-13-16-19-22-25-37)27-50-55(47,48)53-36-33(42)31(40)32(41)35(34(36)43)52-54(44,45)46/h28,31-36,40-43H,2-27,37H2,1H3,(H,47,48)(H2,44,45,46)/t28-,31+,32?,33+,34?,35-,36?/m1/s1. The molecule has 0 bridgehead atoms. The van der Waals surface area contributed by atoms with Crippen LogP contribution >= 0.6 is 15.6 Å². The van der Waals surface area contributed by atoms with Gasteiger partial charge in [-0.3, -0.25) is 23.2 Å². The lowest BCUT2D eigenvalue weighted by atomic mass is 9.85. The molecule has 0 radical (unpaired) electrons. The molecule has 0 heterocycles. The number of unbranched alkanes of at least 4 members (excludes halogenated alkanes) is 19. The molecule has 8 atom stereocenters. The second-order valence-electron chi connectivity index (χ2n) is 14.5. The van der Waals surface area contributed by atoms with Crippen molar-refractivity contribution in [2.24, 2.45) is 5.73 Å². The first-order valence-corrected chi connectivity index (χ1v) is 23.3. The summed E-state index contributed by atoms with van der Waals surface area (Å²) in [5.74, 6) is -1.22. The van der Waals surface area contributed by atoms with Gasteiger partial charge in [-0.2, -0.15) is 0 Å². The van der Waals surface area contributed by atoms with E-state index in [0.717, 1.165) is 70.6 Å². The van der Waals surface area contributed by atoms with Crippen molar-refractivity contribution >= 4 is 27.6 Å². The zero-order valence-electron chi connectivity index (χ0n) is 32.7. The summed E-state index contributed by atoms with van der Waals surface area (Å²) in [4.78, 5) is 53.8. The van der Waals surface area contributed by atoms with Gasteiger partial charge in [-0.15, -0.1) is 0 Å². The summed E-state index contributed by atoms with van der Waals surface area (Å²) < 4.78 is 49.0. The molecular weight excluding hydrogens is 764 g/mol. The van der Waals surface area contributed by atoms with Gasteiger partial charge in [0.1, 0.15) is 43.2 Å². The van der Waals surface area contributed by atoms with Crippen LogP contribution in [0.25, 0.3) is 0 Å². The molecule has 9 N–H and O–H groups in total. The number of hydrogen-bond acceptors (Lipinski definition) is 14. The maximum atomic E-state index is 12.9. The molecule has 1 aliphatic carbocycles. The molecule has 1 fully saturated rings. The van der Waals surface area contributed by atoms with Crippen molar-refractivity contribution in [2.75, 3.05) is 19.8 Å². The number of phosphoric acid groups is 2. The highest BCUT2D eigenvalue weighted by Gasteiger charge is 2.54. The molecule has 0 saturated heterocycles. The highest BCUT2D eigenvalue weighted by Crippen LogP contribution is 2.49. The van der Waals surface area contributed by atoms with E-state index in [1.54, 1.807) is 0 Å². The van der Waals surface area contributed by atoms with Crippen molar-refractivity contribution in [3.8, 4) is 0 Å². The Bertz CT molecular complexity index is 1110. The molecule has 0 spiro atoms. The lowest BCUT2D eigenvalue weighted by Gasteiger charge is -2.43. The molecule has 19 heteroatoms. The fraction of sp³-hybridized carbons (Fsp3) is 0.944. The number of aliphatic hydroxyl groups is 4. The molecular formula is C36H71NO16P2. The number of carbonyl (C=O) groups is 2. The van der Waals surface area contributed by atoms with Gasteiger partial charge < -0.3 is 50.3 Å². The number of ether oxygens (including phenoxy) is 2. The van der Waals surface area contributed by atoms with Gasteiger partial charge in [-0.25, -0.2) is 9.13 Å². The second kappa shape index (κ2) is 30.1. The molecule has 1 rings (SSSR count). The number of rotatable bonds is 34. The Hall–Kier alpha value is -1.04. The number of esters is 2. The largest absolute Gasteiger partial charge is 0.472 e. The average molecular weight is 836 g/mol. The smallest absolute Gasteiger partial charge is 0.462 e. The number of carbonyl (C=O) groups excluding carboxylic acids is 2. The summed E-state index contributed by atoms with van der Waals surface area (Å²) >= 11 is 0. The van der Waals surface area contributed by atoms with Crippen LogP contribution in [0.4, 0.5) is 0 Å². The van der Waals surface area contributed by atoms with E-state index in [1.807, 2.05) is 0 Å². The Morgan fingerprint density at radius 2 is 0.982 bits per heavy atom. The maximum Gasteiger partial charge on any atom is 0.472 e. The minimum atomic E-state index is -5.35. The summed E-state index contributed by atoms with van der Waals surface area (Å²) in [6, 6.07) is 0. The lowest BCUT2D eigenvalue weighted by molar-refractivity contribution is -0.216. The minimum Gasteiger partial charge on any atom is -0.462 e. The van der Waals surface area contributed by atoms with Crippen molar-refractivity contribution in [3.63, 3.8) is 0 Å². The van der Waals surface area contributed by atoms with Crippen molar-refractivity contribution < 1.29 is 76.9 Å². The minimum absolute atomic E-state index is 0.0450. The Morgan fingerprint density at radius 3 is 1.44 bits per heavy atom. The normalized spacial score (nSPS) is 23.3. The summed E-state index contributed by atoms with van der Waals surface area (Å²) in [7, 11) is -10.6. The second-order valence-corrected chi connectivity index (χ2v) is 17.1. The molecule has 1 saturated carbocycles. The third-order valence-electron chi connectivity index (χ3n) is 9.53. The first kappa shape index (κ1) is 52.0. The van der Waals surface area contributed by atoms with Gasteiger partial charge in [-0.05, 0) is 25.8 Å². The summed E-state index contributed by atoms with van der Waals surface area (Å²) in [5, 5.41) is 41.0. The monoisotopic (exact) mass is 835 g/mol. The van der Waals surface area contributed by atoms with E-state index in [1.165, 1.54) is 51.4 Å². The first-order valence-electron chi connectivity index (χ1n) is 20.3. The predicted octanol–water partition coefficient (Wildman–Crippen LogP) is 4.83. The highest BCUT2D eigenvalue weighted by atomic mass is 31.2. The van der Waals surface area contributed by atoms with Gasteiger partial charge in [0.15, 0.2) is 6.10 Å². The van der Waals surface area contributed by atoms with E-state index in [0.29, 0.717) is 19.4 Å². The van der Waals surface area contributed by atoms with E-state index in [-0.39, 0.29) is 12.8 Å². The number of phosphoric ester groups is 2. The van der Waals surface area contributed by atoms with E-state index in [2.05, 4.69) is 11.4 Å². The molecule has 0 aromatic heterocycles. The van der Waals surface area contributed by atoms with Gasteiger partial charge in [-0.1, -0.05) is 122 Å². The Balaban J connectivity index is 2.66. The van der Waals surface area contributed by atoms with Crippen LogP contribution in [0.3, 0.4) is 0 Å². The molecule has 326 valence electrons. The van der Waals surface area contributed by atoms with Crippen LogP contribution in [-0.2, 0) is 41.8 Å². The Morgan fingerprint density at radius 1 is 0.564 bits per heavy atom. The van der Waals surface area contributed by atoms with Crippen LogP contribution < -0.4 is 5.73 Å². The zero-order valence-corrected chi connectivity index (χ0v) is 34.5. The van der Waals surface area contributed by atoms with Crippen molar-refractivity contribution in [3.05, 3.63) is 0 Å². The maximum absolute atomic E-state index is 12.9. The highest BCUT2D eigenvalue weighted by molar-refractivity contribution is 7.47. The SMILES string of the molecule is CCCCCCCCCCCCCCCC(=O)O[C@H](COC(=O)CCCCCCCCCCN)COP(=O)(O)OC1C(O)[C@H](OP(=O)(O)O)C(O)[C@H](O)[C@@H]1O. The van der Waals surface area contributed by atoms with E-state index in [9.17, 15) is 44.0 Å². The third-order valence-corrected chi connectivity index (χ3v) is 11.0. The van der Waals surface area contributed by atoms with E-state index < -0.39 is 83.5 Å². The topological polar surface area (TPSA) is 282 Å². The van der Waals surface area contributed by atoms with Gasteiger partial charge in [0.25, 0.3) is 0 Å². The fourth-order valence-electron chi connectivity index (χ4n) is 6.33. The lowest BCUT2D eigenvalue weighted by Crippen LogP contribution is -2.64. The van der Waals surface area contributed by atoms with Gasteiger partial charge in [0.2, 0.25) is 0 Å². The van der Waals surface area contributed by atoms with Gasteiger partial charge >= 0.3 is 27.6 Å². The molecule has 4 unspecified atom stereocenters. The molecule has 1 aliphatic rings. The van der Waals surface area contributed by atoms with Crippen LogP contribution in [-0.4, -0.2) is 110 Å². The average Bonchev–Trinajstić information content (AvgIpc) is 3.13. The molecule has 0 aromatic rings. The zero-order chi connectivity index (χ0) is 41.1. The Kier molecular flexibility index (Phi) is 28.4. The third kappa shape index (κ3) is 25.1. The number of aliphatic hydroxyl groups excluding tert-OH is 4. The predicted molar refractivity (Wildman–Crippen MR) is 203 cm³/mol. The molecule has 0 aliphatic heterocycles. The molecule has 17 nitrogen and oxygen atoms in total. The van der Waals surface area contributed by atoms with Crippen LogP contribution in [0.2, 0.25) is 0 Å². The quantitative estimate of drug-likeness (QED) is 0.0245. The van der Waals surface area contributed by atoms with Gasteiger partial charge in [0.05, 0.1) is 6.61 Å². The van der Waals surface area contributed by atoms with Crippen LogP contribution in [0.1, 0.15) is 155 Å². The number of hydrogen-bond donors (Lipinski definition) is 8. The number of nitrogens with two attached hydrogens (primary N) is 1.